The predicted molar refractivity (Wildman–Crippen MR) is 54.5 cm³/mol. The Hall–Kier alpha value is -1.31. The molecule has 0 atom stereocenters. The van der Waals surface area contributed by atoms with Crippen LogP contribution in [0.2, 0.25) is 0 Å². The van der Waals surface area contributed by atoms with Gasteiger partial charge in [-0.2, -0.15) is 0 Å². The van der Waals surface area contributed by atoms with Crippen LogP contribution in [0.5, 0.6) is 0 Å². The van der Waals surface area contributed by atoms with Crippen molar-refractivity contribution in [2.75, 3.05) is 0 Å². The van der Waals surface area contributed by atoms with Crippen molar-refractivity contribution in [1.29, 1.82) is 0 Å². The molecule has 1 rings (SSSR count). The summed E-state index contributed by atoms with van der Waals surface area (Å²) in [5.74, 6) is 0. The molecule has 0 bridgehead atoms. The van der Waals surface area contributed by atoms with E-state index in [0.717, 1.165) is 12.1 Å². The highest BCUT2D eigenvalue weighted by Crippen LogP contribution is 2.09. The number of oxime groups is 1. The van der Waals surface area contributed by atoms with Gasteiger partial charge in [0.1, 0.15) is 0 Å². The molecule has 0 aliphatic heterocycles. The van der Waals surface area contributed by atoms with E-state index in [1.54, 1.807) is 0 Å². The minimum atomic E-state index is 0.721. The molecule has 1 N–H and O–H groups in total. The van der Waals surface area contributed by atoms with Gasteiger partial charge in [0.2, 0.25) is 0 Å². The van der Waals surface area contributed by atoms with E-state index in [4.69, 9.17) is 5.21 Å². The van der Waals surface area contributed by atoms with E-state index in [1.807, 2.05) is 6.92 Å². The molecule has 1 aromatic carbocycles. The molecule has 0 spiro atoms. The topological polar surface area (TPSA) is 32.6 Å². The van der Waals surface area contributed by atoms with Crippen molar-refractivity contribution in [1.82, 2.24) is 0 Å². The molecule has 13 heavy (non-hydrogen) atoms. The SMILES string of the molecule is C/C(Cc1cc(C)cc(C)c1)=N\O. The third kappa shape index (κ3) is 2.90. The van der Waals surface area contributed by atoms with Gasteiger partial charge >= 0.3 is 0 Å². The average molecular weight is 177 g/mol. The lowest BCUT2D eigenvalue weighted by Gasteiger charge is -2.03. The largest absolute Gasteiger partial charge is 0.411 e. The first kappa shape index (κ1) is 9.78. The first-order valence-electron chi connectivity index (χ1n) is 4.36. The summed E-state index contributed by atoms with van der Waals surface area (Å²) in [6.45, 7) is 5.96. The van der Waals surface area contributed by atoms with Crippen LogP contribution in [0.3, 0.4) is 0 Å². The summed E-state index contributed by atoms with van der Waals surface area (Å²) in [6, 6.07) is 6.36. The summed E-state index contributed by atoms with van der Waals surface area (Å²) < 4.78 is 0. The van der Waals surface area contributed by atoms with Gasteiger partial charge in [-0.1, -0.05) is 34.5 Å². The maximum atomic E-state index is 8.52. The van der Waals surface area contributed by atoms with Crippen LogP contribution in [-0.2, 0) is 6.42 Å². The molecular formula is C11H15NO. The highest BCUT2D eigenvalue weighted by molar-refractivity contribution is 5.83. The summed E-state index contributed by atoms with van der Waals surface area (Å²) in [5, 5.41) is 11.7. The quantitative estimate of drug-likeness (QED) is 0.420. The molecule has 0 aromatic heterocycles. The van der Waals surface area contributed by atoms with Crippen LogP contribution in [-0.4, -0.2) is 10.9 Å². The second-order valence-electron chi connectivity index (χ2n) is 3.51. The van der Waals surface area contributed by atoms with E-state index in [2.05, 4.69) is 37.2 Å². The smallest absolute Gasteiger partial charge is 0.0583 e. The lowest BCUT2D eigenvalue weighted by atomic mass is 10.0. The molecule has 0 unspecified atom stereocenters. The first-order chi connectivity index (χ1) is 6.11. The number of benzene rings is 1. The van der Waals surface area contributed by atoms with Gasteiger partial charge < -0.3 is 5.21 Å². The average Bonchev–Trinajstić information content (AvgIpc) is 2.02. The number of hydrogen-bond donors (Lipinski definition) is 1. The molecule has 0 radical (unpaired) electrons. The fraction of sp³-hybridized carbons (Fsp3) is 0.364. The first-order valence-corrected chi connectivity index (χ1v) is 4.36. The summed E-state index contributed by atoms with van der Waals surface area (Å²) >= 11 is 0. The minimum absolute atomic E-state index is 0.721. The maximum absolute atomic E-state index is 8.52. The summed E-state index contributed by atoms with van der Waals surface area (Å²) in [5.41, 5.74) is 4.44. The van der Waals surface area contributed by atoms with E-state index in [1.165, 1.54) is 16.7 Å². The van der Waals surface area contributed by atoms with Crippen molar-refractivity contribution in [3.63, 3.8) is 0 Å². The van der Waals surface area contributed by atoms with Crippen molar-refractivity contribution < 1.29 is 5.21 Å². The van der Waals surface area contributed by atoms with Gasteiger partial charge in [-0.15, -0.1) is 0 Å². The van der Waals surface area contributed by atoms with Crippen molar-refractivity contribution in [2.45, 2.75) is 27.2 Å². The Labute approximate surface area is 78.9 Å². The lowest BCUT2D eigenvalue weighted by molar-refractivity contribution is 0.317. The van der Waals surface area contributed by atoms with Gasteiger partial charge in [-0.05, 0) is 26.3 Å². The van der Waals surface area contributed by atoms with E-state index >= 15 is 0 Å². The van der Waals surface area contributed by atoms with E-state index < -0.39 is 0 Å². The molecule has 70 valence electrons. The zero-order valence-corrected chi connectivity index (χ0v) is 8.33. The number of aryl methyl sites for hydroxylation is 2. The minimum Gasteiger partial charge on any atom is -0.411 e. The zero-order valence-electron chi connectivity index (χ0n) is 8.33. The normalized spacial score (nSPS) is 11.8. The van der Waals surface area contributed by atoms with Crippen LogP contribution in [0.15, 0.2) is 23.4 Å². The number of rotatable bonds is 2. The van der Waals surface area contributed by atoms with E-state index in [0.29, 0.717) is 0 Å². The molecule has 0 saturated heterocycles. The Bertz CT molecular complexity index is 309. The van der Waals surface area contributed by atoms with Crippen LogP contribution >= 0.6 is 0 Å². The second-order valence-corrected chi connectivity index (χ2v) is 3.51. The molecule has 0 heterocycles. The molecule has 0 amide bonds. The molecule has 0 fully saturated rings. The summed E-state index contributed by atoms with van der Waals surface area (Å²) in [6.07, 6.45) is 0.721. The Morgan fingerprint density at radius 2 is 1.77 bits per heavy atom. The van der Waals surface area contributed by atoms with Gasteiger partial charge in [0.25, 0.3) is 0 Å². The Morgan fingerprint density at radius 3 is 2.23 bits per heavy atom. The van der Waals surface area contributed by atoms with Gasteiger partial charge in [0.05, 0.1) is 5.71 Å². The van der Waals surface area contributed by atoms with E-state index in [9.17, 15) is 0 Å². The Balaban J connectivity index is 2.89. The molecule has 1 aromatic rings. The highest BCUT2D eigenvalue weighted by atomic mass is 16.4. The van der Waals surface area contributed by atoms with Crippen LogP contribution in [0, 0.1) is 13.8 Å². The van der Waals surface area contributed by atoms with Gasteiger partial charge in [0.15, 0.2) is 0 Å². The summed E-state index contributed by atoms with van der Waals surface area (Å²) in [7, 11) is 0. The monoisotopic (exact) mass is 177 g/mol. The van der Waals surface area contributed by atoms with Gasteiger partial charge in [0, 0.05) is 6.42 Å². The second kappa shape index (κ2) is 4.08. The van der Waals surface area contributed by atoms with Gasteiger partial charge in [-0.25, -0.2) is 0 Å². The van der Waals surface area contributed by atoms with Crippen LogP contribution in [0.25, 0.3) is 0 Å². The fourth-order valence-corrected chi connectivity index (χ4v) is 1.50. The van der Waals surface area contributed by atoms with Gasteiger partial charge in [-0.3, -0.25) is 0 Å². The van der Waals surface area contributed by atoms with E-state index in [-0.39, 0.29) is 0 Å². The van der Waals surface area contributed by atoms with Crippen molar-refractivity contribution in [3.8, 4) is 0 Å². The third-order valence-electron chi connectivity index (χ3n) is 1.91. The number of hydrogen-bond acceptors (Lipinski definition) is 2. The lowest BCUT2D eigenvalue weighted by Crippen LogP contribution is -1.98. The van der Waals surface area contributed by atoms with Crippen LogP contribution < -0.4 is 0 Å². The molecule has 0 aliphatic carbocycles. The van der Waals surface area contributed by atoms with Crippen molar-refractivity contribution in [3.05, 3.63) is 34.9 Å². The molecule has 0 aliphatic rings. The summed E-state index contributed by atoms with van der Waals surface area (Å²) in [4.78, 5) is 0. The molecule has 0 saturated carbocycles. The molecule has 2 nitrogen and oxygen atoms in total. The van der Waals surface area contributed by atoms with Crippen molar-refractivity contribution in [2.24, 2.45) is 5.16 Å². The van der Waals surface area contributed by atoms with Crippen molar-refractivity contribution >= 4 is 5.71 Å². The zero-order chi connectivity index (χ0) is 9.84. The standard InChI is InChI=1S/C11H15NO/c1-8-4-9(2)6-11(5-8)7-10(3)12-13/h4-6,13H,7H2,1-3H3/b12-10+. The fourth-order valence-electron chi connectivity index (χ4n) is 1.50. The van der Waals surface area contributed by atoms with Crippen LogP contribution in [0.4, 0.5) is 0 Å². The Morgan fingerprint density at radius 1 is 1.23 bits per heavy atom. The third-order valence-corrected chi connectivity index (χ3v) is 1.91. The Kier molecular flexibility index (Phi) is 3.07. The highest BCUT2D eigenvalue weighted by Gasteiger charge is 1.98. The molecular weight excluding hydrogens is 162 g/mol. The van der Waals surface area contributed by atoms with Crippen LogP contribution in [0.1, 0.15) is 23.6 Å². The maximum Gasteiger partial charge on any atom is 0.0583 e. The predicted octanol–water partition coefficient (Wildman–Crippen LogP) is 2.70. The molecule has 2 heteroatoms. The number of nitrogens with zero attached hydrogens (tertiary/aromatic N) is 1.